The second kappa shape index (κ2) is 4.93. The van der Waals surface area contributed by atoms with Gasteiger partial charge >= 0.3 is 0 Å². The minimum atomic E-state index is -0.0502. The summed E-state index contributed by atoms with van der Waals surface area (Å²) in [6.07, 6.45) is 3.27. The SMILES string of the molecule is Cc1ccc(SCc2cc(=O)n3ccnc3[nH]2)cc1. The minimum Gasteiger partial charge on any atom is -0.328 e. The van der Waals surface area contributed by atoms with Crippen LogP contribution in [0.2, 0.25) is 0 Å². The van der Waals surface area contributed by atoms with Crippen molar-refractivity contribution in [1.82, 2.24) is 14.4 Å². The lowest BCUT2D eigenvalue weighted by Gasteiger charge is -2.03. The largest absolute Gasteiger partial charge is 0.328 e. The first kappa shape index (κ1) is 12.0. The maximum Gasteiger partial charge on any atom is 0.259 e. The van der Waals surface area contributed by atoms with E-state index in [4.69, 9.17) is 0 Å². The molecule has 0 saturated carbocycles. The molecule has 3 rings (SSSR count). The summed E-state index contributed by atoms with van der Waals surface area (Å²) in [7, 11) is 0. The molecular weight excluding hydrogens is 258 g/mol. The lowest BCUT2D eigenvalue weighted by Crippen LogP contribution is -2.13. The van der Waals surface area contributed by atoms with Crippen LogP contribution in [0.25, 0.3) is 5.78 Å². The van der Waals surface area contributed by atoms with Gasteiger partial charge in [0.25, 0.3) is 5.56 Å². The molecule has 0 unspecified atom stereocenters. The van der Waals surface area contributed by atoms with Crippen molar-refractivity contribution in [2.24, 2.45) is 0 Å². The molecule has 0 amide bonds. The molecule has 0 spiro atoms. The first-order valence-electron chi connectivity index (χ1n) is 5.97. The standard InChI is InChI=1S/C14H13N3OS/c1-10-2-4-12(5-3-10)19-9-11-8-13(18)17-7-6-15-14(17)16-11/h2-8H,9H2,1H3,(H,15,16). The second-order valence-corrected chi connectivity index (χ2v) is 5.40. The summed E-state index contributed by atoms with van der Waals surface area (Å²) in [5.41, 5.74) is 2.08. The fourth-order valence-corrected chi connectivity index (χ4v) is 2.65. The van der Waals surface area contributed by atoms with Crippen LogP contribution < -0.4 is 5.56 Å². The first-order chi connectivity index (χ1) is 9.22. The Labute approximate surface area is 114 Å². The van der Waals surface area contributed by atoms with Gasteiger partial charge in [-0.2, -0.15) is 0 Å². The number of fused-ring (bicyclic) bond motifs is 1. The normalized spacial score (nSPS) is 11.0. The molecular formula is C14H13N3OS. The number of rotatable bonds is 3. The predicted molar refractivity (Wildman–Crippen MR) is 76.6 cm³/mol. The number of aromatic nitrogens is 3. The fraction of sp³-hybridized carbons (Fsp3) is 0.143. The van der Waals surface area contributed by atoms with Gasteiger partial charge in [0.15, 0.2) is 0 Å². The zero-order chi connectivity index (χ0) is 13.2. The number of hydrogen-bond donors (Lipinski definition) is 1. The van der Waals surface area contributed by atoms with Crippen molar-refractivity contribution in [2.45, 2.75) is 17.6 Å². The molecule has 96 valence electrons. The number of thioether (sulfide) groups is 1. The van der Waals surface area contributed by atoms with Gasteiger partial charge in [-0.1, -0.05) is 17.7 Å². The summed E-state index contributed by atoms with van der Waals surface area (Å²) < 4.78 is 1.50. The van der Waals surface area contributed by atoms with Gasteiger partial charge in [-0.25, -0.2) is 4.98 Å². The Balaban J connectivity index is 1.81. The third kappa shape index (κ3) is 2.56. The summed E-state index contributed by atoms with van der Waals surface area (Å²) in [5.74, 6) is 1.31. The van der Waals surface area contributed by atoms with Crippen molar-refractivity contribution in [2.75, 3.05) is 0 Å². The lowest BCUT2D eigenvalue weighted by atomic mass is 10.2. The summed E-state index contributed by atoms with van der Waals surface area (Å²) in [6.45, 7) is 2.07. The molecule has 0 saturated heterocycles. The fourth-order valence-electron chi connectivity index (χ4n) is 1.85. The summed E-state index contributed by atoms with van der Waals surface area (Å²) in [6, 6.07) is 9.97. The number of imidazole rings is 1. The molecule has 2 aromatic heterocycles. The van der Waals surface area contributed by atoms with Crippen LogP contribution in [0.5, 0.6) is 0 Å². The monoisotopic (exact) mass is 271 g/mol. The number of hydrogen-bond acceptors (Lipinski definition) is 3. The van der Waals surface area contributed by atoms with Gasteiger partial charge in [0.1, 0.15) is 0 Å². The Morgan fingerprint density at radius 2 is 2.11 bits per heavy atom. The highest BCUT2D eigenvalue weighted by atomic mass is 32.2. The molecule has 0 bridgehead atoms. The average Bonchev–Trinajstić information content (AvgIpc) is 2.87. The predicted octanol–water partition coefficient (Wildman–Crippen LogP) is 2.62. The van der Waals surface area contributed by atoms with Crippen LogP contribution in [-0.4, -0.2) is 14.4 Å². The molecule has 0 aliphatic rings. The van der Waals surface area contributed by atoms with Gasteiger partial charge < -0.3 is 4.98 Å². The van der Waals surface area contributed by atoms with Crippen molar-refractivity contribution in [3.63, 3.8) is 0 Å². The summed E-state index contributed by atoms with van der Waals surface area (Å²) >= 11 is 1.69. The van der Waals surface area contributed by atoms with Crippen LogP contribution in [-0.2, 0) is 5.75 Å². The molecule has 3 aromatic rings. The number of nitrogens with one attached hydrogen (secondary N) is 1. The Morgan fingerprint density at radius 3 is 2.89 bits per heavy atom. The summed E-state index contributed by atoms with van der Waals surface area (Å²) in [5, 5.41) is 0. The van der Waals surface area contributed by atoms with Crippen LogP contribution in [0.4, 0.5) is 0 Å². The molecule has 2 heterocycles. The lowest BCUT2D eigenvalue weighted by molar-refractivity contribution is 1.02. The topological polar surface area (TPSA) is 50.2 Å². The van der Waals surface area contributed by atoms with E-state index in [-0.39, 0.29) is 5.56 Å². The maximum atomic E-state index is 11.8. The molecule has 0 fully saturated rings. The Bertz CT molecular complexity index is 758. The Morgan fingerprint density at radius 1 is 1.32 bits per heavy atom. The van der Waals surface area contributed by atoms with Gasteiger partial charge in [-0.15, -0.1) is 11.8 Å². The van der Waals surface area contributed by atoms with Crippen molar-refractivity contribution in [3.8, 4) is 0 Å². The smallest absolute Gasteiger partial charge is 0.259 e. The number of H-pyrrole nitrogens is 1. The quantitative estimate of drug-likeness (QED) is 0.745. The average molecular weight is 271 g/mol. The van der Waals surface area contributed by atoms with E-state index < -0.39 is 0 Å². The van der Waals surface area contributed by atoms with Crippen LogP contribution >= 0.6 is 11.8 Å². The molecule has 0 aliphatic heterocycles. The molecule has 0 aliphatic carbocycles. The summed E-state index contributed by atoms with van der Waals surface area (Å²) in [4.78, 5) is 20.3. The maximum absolute atomic E-state index is 11.8. The van der Waals surface area contributed by atoms with E-state index in [2.05, 4.69) is 41.2 Å². The molecule has 0 atom stereocenters. The number of benzene rings is 1. The van der Waals surface area contributed by atoms with Gasteiger partial charge in [0.2, 0.25) is 5.78 Å². The first-order valence-corrected chi connectivity index (χ1v) is 6.96. The van der Waals surface area contributed by atoms with E-state index in [0.717, 1.165) is 11.4 Å². The molecule has 1 N–H and O–H groups in total. The van der Waals surface area contributed by atoms with Crippen molar-refractivity contribution in [3.05, 3.63) is 64.3 Å². The van der Waals surface area contributed by atoms with Crippen molar-refractivity contribution < 1.29 is 0 Å². The molecule has 0 radical (unpaired) electrons. The molecule has 1 aromatic carbocycles. The van der Waals surface area contributed by atoms with E-state index in [9.17, 15) is 4.79 Å². The highest BCUT2D eigenvalue weighted by Gasteiger charge is 2.02. The van der Waals surface area contributed by atoms with E-state index in [1.54, 1.807) is 30.2 Å². The van der Waals surface area contributed by atoms with Crippen molar-refractivity contribution >= 4 is 17.5 Å². The Kier molecular flexibility index (Phi) is 3.13. The Hall–Kier alpha value is -2.01. The number of aryl methyl sites for hydroxylation is 1. The van der Waals surface area contributed by atoms with E-state index >= 15 is 0 Å². The van der Waals surface area contributed by atoms with Gasteiger partial charge in [-0.3, -0.25) is 9.20 Å². The van der Waals surface area contributed by atoms with Crippen LogP contribution in [0.15, 0.2) is 52.4 Å². The van der Waals surface area contributed by atoms with Crippen molar-refractivity contribution in [1.29, 1.82) is 0 Å². The molecule has 5 heteroatoms. The highest BCUT2D eigenvalue weighted by Crippen LogP contribution is 2.21. The molecule has 4 nitrogen and oxygen atoms in total. The van der Waals surface area contributed by atoms with Gasteiger partial charge in [0.05, 0.1) is 0 Å². The number of aromatic amines is 1. The third-order valence-corrected chi connectivity index (χ3v) is 3.92. The minimum absolute atomic E-state index is 0.0502. The molecule has 19 heavy (non-hydrogen) atoms. The second-order valence-electron chi connectivity index (χ2n) is 4.36. The van der Waals surface area contributed by atoms with E-state index in [1.165, 1.54) is 14.9 Å². The zero-order valence-electron chi connectivity index (χ0n) is 10.5. The van der Waals surface area contributed by atoms with Crippen LogP contribution in [0.1, 0.15) is 11.3 Å². The number of nitrogens with zero attached hydrogens (tertiary/aromatic N) is 2. The third-order valence-electron chi connectivity index (χ3n) is 2.86. The van der Waals surface area contributed by atoms with E-state index in [1.807, 2.05) is 0 Å². The zero-order valence-corrected chi connectivity index (χ0v) is 11.3. The van der Waals surface area contributed by atoms with E-state index in [0.29, 0.717) is 5.78 Å². The van der Waals surface area contributed by atoms with Crippen LogP contribution in [0, 0.1) is 6.92 Å². The van der Waals surface area contributed by atoms with Gasteiger partial charge in [-0.05, 0) is 19.1 Å². The highest BCUT2D eigenvalue weighted by molar-refractivity contribution is 7.98. The van der Waals surface area contributed by atoms with Crippen LogP contribution in [0.3, 0.4) is 0 Å². The van der Waals surface area contributed by atoms with Gasteiger partial charge in [0, 0.05) is 34.8 Å².